The van der Waals surface area contributed by atoms with Crippen LogP contribution in [0.1, 0.15) is 30.6 Å². The lowest BCUT2D eigenvalue weighted by Crippen LogP contribution is -2.54. The van der Waals surface area contributed by atoms with Gasteiger partial charge in [-0.1, -0.05) is 36.8 Å². The minimum absolute atomic E-state index is 0.232. The molecule has 17 heavy (non-hydrogen) atoms. The Hall–Kier alpha value is -1.13. The zero-order valence-corrected chi connectivity index (χ0v) is 11.4. The highest BCUT2D eigenvalue weighted by atomic mass is 35.5. The van der Waals surface area contributed by atoms with Gasteiger partial charge in [-0.25, -0.2) is 0 Å². The van der Waals surface area contributed by atoms with E-state index in [1.54, 1.807) is 31.2 Å². The second kappa shape index (κ2) is 5.47. The highest BCUT2D eigenvalue weighted by molar-refractivity contribution is 7.80. The van der Waals surface area contributed by atoms with Crippen molar-refractivity contribution in [2.24, 2.45) is 5.73 Å². The van der Waals surface area contributed by atoms with Gasteiger partial charge >= 0.3 is 0 Å². The Bertz CT molecular complexity index is 450. The van der Waals surface area contributed by atoms with Gasteiger partial charge in [0.05, 0.1) is 10.5 Å². The van der Waals surface area contributed by atoms with Crippen molar-refractivity contribution in [1.29, 1.82) is 0 Å². The summed E-state index contributed by atoms with van der Waals surface area (Å²) >= 11 is 10.8. The fourth-order valence-corrected chi connectivity index (χ4v) is 1.66. The Morgan fingerprint density at radius 3 is 2.71 bits per heavy atom. The predicted molar refractivity (Wildman–Crippen MR) is 74.4 cm³/mol. The molecule has 92 valence electrons. The first-order valence-corrected chi connectivity index (χ1v) is 6.05. The molecule has 1 amide bonds. The fourth-order valence-electron chi connectivity index (χ4n) is 1.28. The first-order valence-electron chi connectivity index (χ1n) is 5.27. The molecule has 0 aliphatic rings. The summed E-state index contributed by atoms with van der Waals surface area (Å²) in [6.07, 6.45) is 0.634. The van der Waals surface area contributed by atoms with Crippen molar-refractivity contribution in [3.05, 3.63) is 34.9 Å². The van der Waals surface area contributed by atoms with Gasteiger partial charge in [0.1, 0.15) is 0 Å². The molecule has 1 rings (SSSR count). The molecule has 0 heterocycles. The van der Waals surface area contributed by atoms with Crippen molar-refractivity contribution in [2.45, 2.75) is 25.8 Å². The Labute approximate surface area is 111 Å². The van der Waals surface area contributed by atoms with E-state index in [-0.39, 0.29) is 10.9 Å². The second-order valence-electron chi connectivity index (χ2n) is 4.01. The number of nitrogens with two attached hydrogens (primary N) is 1. The molecule has 0 aromatic heterocycles. The van der Waals surface area contributed by atoms with Crippen LogP contribution < -0.4 is 11.1 Å². The summed E-state index contributed by atoms with van der Waals surface area (Å²) < 4.78 is 0. The maximum Gasteiger partial charge on any atom is 0.252 e. The Morgan fingerprint density at radius 2 is 2.24 bits per heavy atom. The van der Waals surface area contributed by atoms with E-state index in [2.05, 4.69) is 5.32 Å². The molecule has 3 N–H and O–H groups in total. The van der Waals surface area contributed by atoms with Crippen LogP contribution in [0.5, 0.6) is 0 Å². The topological polar surface area (TPSA) is 55.1 Å². The third kappa shape index (κ3) is 3.41. The van der Waals surface area contributed by atoms with E-state index >= 15 is 0 Å². The smallest absolute Gasteiger partial charge is 0.252 e. The van der Waals surface area contributed by atoms with Crippen LogP contribution in [0.3, 0.4) is 0 Å². The normalized spacial score (nSPS) is 13.8. The number of carbonyl (C=O) groups excluding carboxylic acids is 1. The monoisotopic (exact) mass is 270 g/mol. The van der Waals surface area contributed by atoms with E-state index in [0.29, 0.717) is 17.0 Å². The molecular formula is C12H15ClN2OS. The molecule has 3 nitrogen and oxygen atoms in total. The largest absolute Gasteiger partial charge is 0.391 e. The predicted octanol–water partition coefficient (Wildman–Crippen LogP) is 2.52. The van der Waals surface area contributed by atoms with Crippen LogP contribution in [0.2, 0.25) is 5.02 Å². The lowest BCUT2D eigenvalue weighted by molar-refractivity contribution is 0.0926. The highest BCUT2D eigenvalue weighted by Crippen LogP contribution is 2.14. The van der Waals surface area contributed by atoms with E-state index in [1.165, 1.54) is 0 Å². The van der Waals surface area contributed by atoms with Gasteiger partial charge in [0, 0.05) is 10.6 Å². The van der Waals surface area contributed by atoms with Gasteiger partial charge < -0.3 is 11.1 Å². The maximum absolute atomic E-state index is 12.0. The zero-order valence-electron chi connectivity index (χ0n) is 9.79. The SMILES string of the molecule is CCC(C)(NC(=O)c1cccc(Cl)c1)C(N)=S. The molecule has 0 saturated carbocycles. The lowest BCUT2D eigenvalue weighted by Gasteiger charge is -2.28. The van der Waals surface area contributed by atoms with Crippen molar-refractivity contribution in [3.63, 3.8) is 0 Å². The van der Waals surface area contributed by atoms with Gasteiger partial charge in [-0.05, 0) is 31.5 Å². The maximum atomic E-state index is 12.0. The average molecular weight is 271 g/mol. The highest BCUT2D eigenvalue weighted by Gasteiger charge is 2.27. The molecule has 1 atom stereocenters. The van der Waals surface area contributed by atoms with E-state index in [9.17, 15) is 4.79 Å². The number of amides is 1. The number of carbonyl (C=O) groups is 1. The lowest BCUT2D eigenvalue weighted by atomic mass is 9.98. The number of hydrogen-bond acceptors (Lipinski definition) is 2. The van der Waals surface area contributed by atoms with Gasteiger partial charge in [0.2, 0.25) is 0 Å². The molecule has 0 spiro atoms. The molecular weight excluding hydrogens is 256 g/mol. The molecule has 0 saturated heterocycles. The number of thiocarbonyl (C=S) groups is 1. The van der Waals surface area contributed by atoms with Crippen LogP contribution in [0.15, 0.2) is 24.3 Å². The van der Waals surface area contributed by atoms with Crippen LogP contribution >= 0.6 is 23.8 Å². The summed E-state index contributed by atoms with van der Waals surface area (Å²) in [5, 5.41) is 3.34. The van der Waals surface area contributed by atoms with E-state index in [0.717, 1.165) is 0 Å². The number of halogens is 1. The summed E-state index contributed by atoms with van der Waals surface area (Å²) in [6, 6.07) is 6.73. The van der Waals surface area contributed by atoms with Crippen molar-refractivity contribution in [1.82, 2.24) is 5.32 Å². The number of hydrogen-bond donors (Lipinski definition) is 2. The number of benzene rings is 1. The van der Waals surface area contributed by atoms with E-state index in [4.69, 9.17) is 29.6 Å². The van der Waals surface area contributed by atoms with Crippen LogP contribution in [-0.4, -0.2) is 16.4 Å². The Kier molecular flexibility index (Phi) is 4.48. The summed E-state index contributed by atoms with van der Waals surface area (Å²) in [4.78, 5) is 12.3. The zero-order chi connectivity index (χ0) is 13.1. The molecule has 0 bridgehead atoms. The van der Waals surface area contributed by atoms with E-state index < -0.39 is 5.54 Å². The van der Waals surface area contributed by atoms with E-state index in [1.807, 2.05) is 6.92 Å². The second-order valence-corrected chi connectivity index (χ2v) is 4.89. The Morgan fingerprint density at radius 1 is 1.59 bits per heavy atom. The van der Waals surface area contributed by atoms with Gasteiger partial charge in [-0.15, -0.1) is 0 Å². The van der Waals surface area contributed by atoms with Crippen LogP contribution in [0.25, 0.3) is 0 Å². The van der Waals surface area contributed by atoms with Crippen LogP contribution in [0, 0.1) is 0 Å². The number of nitrogens with one attached hydrogen (secondary N) is 1. The first kappa shape index (κ1) is 13.9. The molecule has 1 aromatic rings. The molecule has 0 fully saturated rings. The van der Waals surface area contributed by atoms with Gasteiger partial charge in [-0.3, -0.25) is 4.79 Å². The minimum atomic E-state index is -0.672. The fraction of sp³-hybridized carbons (Fsp3) is 0.333. The molecule has 5 heteroatoms. The molecule has 1 unspecified atom stereocenters. The molecule has 0 aliphatic carbocycles. The molecule has 0 radical (unpaired) electrons. The van der Waals surface area contributed by atoms with Crippen LogP contribution in [0.4, 0.5) is 0 Å². The standard InChI is InChI=1S/C12H15ClN2OS/c1-3-12(2,11(14)17)15-10(16)8-5-4-6-9(13)7-8/h4-7H,3H2,1-2H3,(H2,14,17)(H,15,16). The van der Waals surface area contributed by atoms with Crippen molar-refractivity contribution in [2.75, 3.05) is 0 Å². The molecule has 0 aliphatic heterocycles. The quantitative estimate of drug-likeness (QED) is 0.827. The summed E-state index contributed by atoms with van der Waals surface area (Å²) in [6.45, 7) is 3.72. The van der Waals surface area contributed by atoms with Crippen LogP contribution in [-0.2, 0) is 0 Å². The van der Waals surface area contributed by atoms with Gasteiger partial charge in [-0.2, -0.15) is 0 Å². The Balaban J connectivity index is 2.89. The molecule has 1 aromatic carbocycles. The first-order chi connectivity index (χ1) is 7.89. The van der Waals surface area contributed by atoms with Crippen molar-refractivity contribution in [3.8, 4) is 0 Å². The summed E-state index contributed by atoms with van der Waals surface area (Å²) in [5.41, 5.74) is 5.45. The summed E-state index contributed by atoms with van der Waals surface area (Å²) in [7, 11) is 0. The third-order valence-electron chi connectivity index (χ3n) is 2.73. The third-order valence-corrected chi connectivity index (χ3v) is 3.41. The average Bonchev–Trinajstić information content (AvgIpc) is 2.28. The van der Waals surface area contributed by atoms with Gasteiger partial charge in [0.15, 0.2) is 0 Å². The van der Waals surface area contributed by atoms with Crippen molar-refractivity contribution < 1.29 is 4.79 Å². The number of rotatable bonds is 4. The summed E-state index contributed by atoms with van der Waals surface area (Å²) in [5.74, 6) is -0.232. The van der Waals surface area contributed by atoms with Crippen molar-refractivity contribution >= 4 is 34.7 Å². The minimum Gasteiger partial charge on any atom is -0.391 e. The van der Waals surface area contributed by atoms with Gasteiger partial charge in [0.25, 0.3) is 5.91 Å².